The maximum atomic E-state index is 13.6. The van der Waals surface area contributed by atoms with E-state index in [1.54, 1.807) is 18.8 Å². The van der Waals surface area contributed by atoms with Crippen LogP contribution in [0.3, 0.4) is 0 Å². The number of benzene rings is 1. The van der Waals surface area contributed by atoms with Gasteiger partial charge in [-0.3, -0.25) is 4.98 Å². The molecule has 2 aromatic rings. The molecular formula is C11H9F3N2S. The maximum Gasteiger partial charge on any atom is 0.194 e. The highest BCUT2D eigenvalue weighted by Gasteiger charge is 2.21. The molecule has 0 saturated carbocycles. The molecule has 2 rings (SSSR count). The summed E-state index contributed by atoms with van der Waals surface area (Å²) < 4.78 is 39.6. The highest BCUT2D eigenvalue weighted by atomic mass is 32.1. The first-order valence-electron chi connectivity index (χ1n) is 4.84. The molecule has 1 heterocycles. The van der Waals surface area contributed by atoms with Gasteiger partial charge in [0.25, 0.3) is 0 Å². The van der Waals surface area contributed by atoms with Gasteiger partial charge in [-0.2, -0.15) is 0 Å². The summed E-state index contributed by atoms with van der Waals surface area (Å²) in [5, 5.41) is 2.85. The fraction of sp³-hybridized carbons (Fsp3) is 0.182. The molecular weight excluding hydrogens is 249 g/mol. The number of halogens is 3. The highest BCUT2D eigenvalue weighted by molar-refractivity contribution is 7.09. The highest BCUT2D eigenvalue weighted by Crippen LogP contribution is 2.28. The fourth-order valence-electron chi connectivity index (χ4n) is 1.58. The first-order chi connectivity index (χ1) is 8.15. The zero-order valence-electron chi connectivity index (χ0n) is 8.88. The van der Waals surface area contributed by atoms with Crippen molar-refractivity contribution >= 4 is 11.3 Å². The van der Waals surface area contributed by atoms with Crippen molar-refractivity contribution in [3.8, 4) is 0 Å². The Kier molecular flexibility index (Phi) is 3.44. The fourth-order valence-corrected chi connectivity index (χ4v) is 2.33. The predicted molar refractivity (Wildman–Crippen MR) is 59.3 cm³/mol. The molecule has 1 aromatic carbocycles. The van der Waals surface area contributed by atoms with Crippen LogP contribution in [-0.4, -0.2) is 12.0 Å². The maximum absolute atomic E-state index is 13.6. The van der Waals surface area contributed by atoms with Crippen molar-refractivity contribution in [2.75, 3.05) is 7.05 Å². The Bertz CT molecular complexity index is 514. The van der Waals surface area contributed by atoms with E-state index in [1.807, 2.05) is 0 Å². The molecule has 2 nitrogen and oxygen atoms in total. The second kappa shape index (κ2) is 4.85. The Balaban J connectivity index is 2.49. The van der Waals surface area contributed by atoms with Gasteiger partial charge in [-0.25, -0.2) is 13.2 Å². The molecule has 1 atom stereocenters. The van der Waals surface area contributed by atoms with Gasteiger partial charge in [0.15, 0.2) is 17.5 Å². The minimum Gasteiger partial charge on any atom is -0.309 e. The lowest BCUT2D eigenvalue weighted by molar-refractivity contribution is 0.435. The van der Waals surface area contributed by atoms with Crippen molar-refractivity contribution in [3.05, 3.63) is 51.7 Å². The first kappa shape index (κ1) is 12.1. The van der Waals surface area contributed by atoms with E-state index < -0.39 is 23.5 Å². The molecule has 0 bridgehead atoms. The van der Waals surface area contributed by atoms with Crippen LogP contribution in [0, 0.1) is 17.5 Å². The summed E-state index contributed by atoms with van der Waals surface area (Å²) in [5.74, 6) is -3.81. The van der Waals surface area contributed by atoms with Crippen molar-refractivity contribution < 1.29 is 13.2 Å². The molecule has 90 valence electrons. The van der Waals surface area contributed by atoms with E-state index >= 15 is 0 Å². The summed E-state index contributed by atoms with van der Waals surface area (Å²) in [6, 6.07) is 1.62. The van der Waals surface area contributed by atoms with Gasteiger partial charge in [-0.05, 0) is 13.1 Å². The lowest BCUT2D eigenvalue weighted by Gasteiger charge is -2.15. The van der Waals surface area contributed by atoms with Gasteiger partial charge in [0, 0.05) is 16.6 Å². The Morgan fingerprint density at radius 2 is 2.00 bits per heavy atom. The summed E-state index contributed by atoms with van der Waals surface area (Å²) >= 11 is 1.31. The molecule has 1 N–H and O–H groups in total. The standard InChI is InChI=1S/C11H9F3N2S/c1-15-11(8-4-16-5-17-8)6-2-3-7(12)10(14)9(6)13/h2-5,11,15H,1H3. The van der Waals surface area contributed by atoms with Crippen molar-refractivity contribution in [1.82, 2.24) is 10.3 Å². The van der Waals surface area contributed by atoms with Crippen LogP contribution < -0.4 is 5.32 Å². The Hall–Kier alpha value is -1.40. The van der Waals surface area contributed by atoms with E-state index in [1.165, 1.54) is 17.4 Å². The van der Waals surface area contributed by atoms with Crippen LogP contribution in [0.4, 0.5) is 13.2 Å². The Morgan fingerprint density at radius 3 is 2.59 bits per heavy atom. The molecule has 0 fully saturated rings. The molecule has 0 radical (unpaired) electrons. The third-order valence-corrected chi connectivity index (χ3v) is 3.24. The SMILES string of the molecule is CNC(c1cncs1)c1ccc(F)c(F)c1F. The minimum absolute atomic E-state index is 0.0654. The summed E-state index contributed by atoms with van der Waals surface area (Å²) in [5.41, 5.74) is 1.66. The number of hydrogen-bond donors (Lipinski definition) is 1. The van der Waals surface area contributed by atoms with Crippen LogP contribution in [0.25, 0.3) is 0 Å². The third kappa shape index (κ3) is 2.18. The van der Waals surface area contributed by atoms with Gasteiger partial charge >= 0.3 is 0 Å². The summed E-state index contributed by atoms with van der Waals surface area (Å²) in [6.07, 6.45) is 1.56. The van der Waals surface area contributed by atoms with Crippen molar-refractivity contribution in [1.29, 1.82) is 0 Å². The molecule has 0 aliphatic carbocycles. The predicted octanol–water partition coefficient (Wildman–Crippen LogP) is 2.87. The normalized spacial score (nSPS) is 12.7. The molecule has 6 heteroatoms. The van der Waals surface area contributed by atoms with Gasteiger partial charge < -0.3 is 5.32 Å². The van der Waals surface area contributed by atoms with Crippen LogP contribution in [0.15, 0.2) is 23.8 Å². The van der Waals surface area contributed by atoms with Crippen molar-refractivity contribution in [2.24, 2.45) is 0 Å². The van der Waals surface area contributed by atoms with E-state index in [2.05, 4.69) is 10.3 Å². The van der Waals surface area contributed by atoms with Gasteiger partial charge in [0.05, 0.1) is 11.6 Å². The number of thiazole rings is 1. The lowest BCUT2D eigenvalue weighted by atomic mass is 10.0. The molecule has 17 heavy (non-hydrogen) atoms. The van der Waals surface area contributed by atoms with E-state index in [4.69, 9.17) is 0 Å². The molecule has 0 amide bonds. The molecule has 0 aliphatic heterocycles. The zero-order valence-corrected chi connectivity index (χ0v) is 9.69. The molecule has 1 aromatic heterocycles. The van der Waals surface area contributed by atoms with Crippen LogP contribution >= 0.6 is 11.3 Å². The van der Waals surface area contributed by atoms with E-state index in [-0.39, 0.29) is 5.56 Å². The minimum atomic E-state index is -1.45. The van der Waals surface area contributed by atoms with E-state index in [9.17, 15) is 13.2 Å². The summed E-state index contributed by atoms with van der Waals surface area (Å²) in [4.78, 5) is 4.61. The van der Waals surface area contributed by atoms with Gasteiger partial charge in [0.1, 0.15) is 0 Å². The number of nitrogens with one attached hydrogen (secondary N) is 1. The Morgan fingerprint density at radius 1 is 1.24 bits per heavy atom. The largest absolute Gasteiger partial charge is 0.309 e. The second-order valence-corrected chi connectivity index (χ2v) is 4.31. The molecule has 0 spiro atoms. The number of aromatic nitrogens is 1. The van der Waals surface area contributed by atoms with Crippen LogP contribution in [-0.2, 0) is 0 Å². The zero-order chi connectivity index (χ0) is 12.4. The first-order valence-corrected chi connectivity index (χ1v) is 5.72. The van der Waals surface area contributed by atoms with Gasteiger partial charge in [0.2, 0.25) is 0 Å². The molecule has 0 saturated heterocycles. The van der Waals surface area contributed by atoms with Crippen LogP contribution in [0.1, 0.15) is 16.5 Å². The quantitative estimate of drug-likeness (QED) is 0.856. The van der Waals surface area contributed by atoms with Crippen LogP contribution in [0.2, 0.25) is 0 Å². The van der Waals surface area contributed by atoms with Crippen LogP contribution in [0.5, 0.6) is 0 Å². The molecule has 0 aliphatic rings. The van der Waals surface area contributed by atoms with E-state index in [0.717, 1.165) is 10.9 Å². The average molecular weight is 258 g/mol. The van der Waals surface area contributed by atoms with Crippen molar-refractivity contribution in [3.63, 3.8) is 0 Å². The average Bonchev–Trinajstić information content (AvgIpc) is 2.84. The number of nitrogens with zero attached hydrogens (tertiary/aromatic N) is 1. The van der Waals surface area contributed by atoms with Crippen molar-refractivity contribution in [2.45, 2.75) is 6.04 Å². The number of rotatable bonds is 3. The van der Waals surface area contributed by atoms with E-state index in [0.29, 0.717) is 0 Å². The second-order valence-electron chi connectivity index (χ2n) is 3.39. The third-order valence-electron chi connectivity index (χ3n) is 2.40. The van der Waals surface area contributed by atoms with Gasteiger partial charge in [-0.1, -0.05) is 6.07 Å². The lowest BCUT2D eigenvalue weighted by Crippen LogP contribution is -2.18. The molecule has 1 unspecified atom stereocenters. The smallest absolute Gasteiger partial charge is 0.194 e. The van der Waals surface area contributed by atoms with Gasteiger partial charge in [-0.15, -0.1) is 11.3 Å². The number of hydrogen-bond acceptors (Lipinski definition) is 3. The monoisotopic (exact) mass is 258 g/mol. The Labute approximate surface area is 100 Å². The topological polar surface area (TPSA) is 24.9 Å². The summed E-state index contributed by atoms with van der Waals surface area (Å²) in [6.45, 7) is 0. The summed E-state index contributed by atoms with van der Waals surface area (Å²) in [7, 11) is 1.62.